The molecule has 31 heavy (non-hydrogen) atoms. The molecule has 0 radical (unpaired) electrons. The number of sulfonamides is 1. The van der Waals surface area contributed by atoms with Crippen molar-refractivity contribution in [1.82, 2.24) is 4.31 Å². The summed E-state index contributed by atoms with van der Waals surface area (Å²) in [4.78, 5) is 27.1. The third-order valence-electron chi connectivity index (χ3n) is 6.55. The van der Waals surface area contributed by atoms with Gasteiger partial charge in [-0.1, -0.05) is 18.2 Å². The molecule has 1 N–H and O–H groups in total. The molecule has 3 aliphatic rings. The van der Waals surface area contributed by atoms with E-state index in [1.54, 1.807) is 12.1 Å². The second-order valence-corrected chi connectivity index (χ2v) is 10.4. The topological polar surface area (TPSA) is 86.8 Å². The van der Waals surface area contributed by atoms with E-state index in [9.17, 15) is 18.0 Å². The minimum absolute atomic E-state index is 0.0104. The zero-order valence-corrected chi connectivity index (χ0v) is 18.0. The van der Waals surface area contributed by atoms with Gasteiger partial charge in [0.2, 0.25) is 21.8 Å². The number of aryl methyl sites for hydroxylation is 2. The molecule has 2 heterocycles. The van der Waals surface area contributed by atoms with Crippen LogP contribution < -0.4 is 10.2 Å². The normalized spacial score (nSPS) is 19.6. The summed E-state index contributed by atoms with van der Waals surface area (Å²) >= 11 is 0. The molecule has 8 heteroatoms. The number of para-hydroxylation sites is 2. The first-order valence-electron chi connectivity index (χ1n) is 10.8. The number of rotatable bonds is 3. The number of piperidine rings is 1. The van der Waals surface area contributed by atoms with Gasteiger partial charge in [0.05, 0.1) is 16.3 Å². The van der Waals surface area contributed by atoms with Gasteiger partial charge < -0.3 is 10.2 Å². The van der Waals surface area contributed by atoms with Crippen molar-refractivity contribution in [2.45, 2.75) is 37.0 Å². The predicted molar refractivity (Wildman–Crippen MR) is 117 cm³/mol. The maximum Gasteiger partial charge on any atom is 0.244 e. The summed E-state index contributed by atoms with van der Waals surface area (Å²) in [5.41, 5.74) is 3.70. The summed E-state index contributed by atoms with van der Waals surface area (Å²) in [6.07, 6.45) is 3.91. The fraction of sp³-hybridized carbons (Fsp3) is 0.391. The van der Waals surface area contributed by atoms with Crippen molar-refractivity contribution in [2.24, 2.45) is 5.92 Å². The highest BCUT2D eigenvalue weighted by molar-refractivity contribution is 7.89. The number of benzene rings is 2. The second-order valence-electron chi connectivity index (χ2n) is 8.45. The number of hydrogen-bond acceptors (Lipinski definition) is 4. The van der Waals surface area contributed by atoms with Crippen LogP contribution in [0.15, 0.2) is 47.4 Å². The third-order valence-corrected chi connectivity index (χ3v) is 8.44. The monoisotopic (exact) mass is 439 g/mol. The Bertz CT molecular complexity index is 1150. The van der Waals surface area contributed by atoms with Crippen LogP contribution in [0.1, 0.15) is 30.4 Å². The summed E-state index contributed by atoms with van der Waals surface area (Å²) in [6, 6.07) is 12.7. The van der Waals surface area contributed by atoms with Gasteiger partial charge in [-0.05, 0) is 67.5 Å². The van der Waals surface area contributed by atoms with Gasteiger partial charge in [0.1, 0.15) is 6.54 Å². The molecule has 0 spiro atoms. The number of carbonyl (C=O) groups is 2. The van der Waals surface area contributed by atoms with Crippen molar-refractivity contribution >= 4 is 33.2 Å². The fourth-order valence-electron chi connectivity index (χ4n) is 4.85. The smallest absolute Gasteiger partial charge is 0.244 e. The molecule has 2 amide bonds. The van der Waals surface area contributed by atoms with E-state index < -0.39 is 10.0 Å². The van der Waals surface area contributed by atoms with Gasteiger partial charge in [-0.3, -0.25) is 9.59 Å². The van der Waals surface area contributed by atoms with Gasteiger partial charge in [-0.25, -0.2) is 8.42 Å². The molecule has 0 atom stereocenters. The molecule has 2 aromatic rings. The van der Waals surface area contributed by atoms with Crippen molar-refractivity contribution in [2.75, 3.05) is 29.9 Å². The number of hydrogen-bond donors (Lipinski definition) is 1. The van der Waals surface area contributed by atoms with Crippen molar-refractivity contribution in [3.05, 3.63) is 53.6 Å². The summed E-state index contributed by atoms with van der Waals surface area (Å²) in [6.45, 7) is 0.596. The van der Waals surface area contributed by atoms with Gasteiger partial charge in [-0.15, -0.1) is 0 Å². The standard InChI is InChI=1S/C23H25N3O4S/c27-22-15-26(21-7-2-1-6-20(21)24-22)23(28)17-10-12-25(13-11-17)31(29,30)19-9-8-16-4-3-5-18(16)14-19/h1-2,6-9,14,17H,3-5,10-13,15H2,(H,24,27). The van der Waals surface area contributed by atoms with Crippen LogP contribution in [-0.2, 0) is 32.5 Å². The van der Waals surface area contributed by atoms with Gasteiger partial charge in [-0.2, -0.15) is 4.31 Å². The highest BCUT2D eigenvalue weighted by Crippen LogP contribution is 2.33. The van der Waals surface area contributed by atoms with Crippen LogP contribution in [0.25, 0.3) is 0 Å². The van der Waals surface area contributed by atoms with Crippen LogP contribution in [0, 0.1) is 5.92 Å². The molecule has 2 aromatic carbocycles. The molecule has 7 nitrogen and oxygen atoms in total. The van der Waals surface area contributed by atoms with E-state index in [-0.39, 0.29) is 24.3 Å². The lowest BCUT2D eigenvalue weighted by Gasteiger charge is -2.35. The number of nitrogens with zero attached hydrogens (tertiary/aromatic N) is 2. The van der Waals surface area contributed by atoms with E-state index in [1.807, 2.05) is 30.3 Å². The Morgan fingerprint density at radius 2 is 1.74 bits per heavy atom. The first-order chi connectivity index (χ1) is 14.9. The molecule has 5 rings (SSSR count). The lowest BCUT2D eigenvalue weighted by atomic mass is 9.95. The van der Waals surface area contributed by atoms with Crippen molar-refractivity contribution < 1.29 is 18.0 Å². The third kappa shape index (κ3) is 3.64. The van der Waals surface area contributed by atoms with E-state index in [4.69, 9.17) is 0 Å². The summed E-state index contributed by atoms with van der Waals surface area (Å²) < 4.78 is 27.8. The minimum Gasteiger partial charge on any atom is -0.323 e. The quantitative estimate of drug-likeness (QED) is 0.796. The average molecular weight is 440 g/mol. The Morgan fingerprint density at radius 3 is 2.55 bits per heavy atom. The molecule has 2 aliphatic heterocycles. The average Bonchev–Trinajstić information content (AvgIpc) is 3.26. The number of anilines is 2. The molecule has 0 bridgehead atoms. The van der Waals surface area contributed by atoms with E-state index in [0.29, 0.717) is 42.2 Å². The molecule has 1 aliphatic carbocycles. The SMILES string of the molecule is O=C1CN(C(=O)C2CCN(S(=O)(=O)c3ccc4c(c3)CCC4)CC2)c2ccccc2N1. The van der Waals surface area contributed by atoms with Crippen molar-refractivity contribution in [3.63, 3.8) is 0 Å². The summed E-state index contributed by atoms with van der Waals surface area (Å²) in [5.74, 6) is -0.633. The maximum absolute atomic E-state index is 13.2. The first kappa shape index (κ1) is 20.2. The Balaban J connectivity index is 1.29. The van der Waals surface area contributed by atoms with E-state index >= 15 is 0 Å². The number of fused-ring (bicyclic) bond motifs is 2. The Labute approximate surface area is 182 Å². The molecule has 0 saturated carbocycles. The Hall–Kier alpha value is -2.71. The van der Waals surface area contributed by atoms with Gasteiger partial charge in [0, 0.05) is 19.0 Å². The van der Waals surface area contributed by atoms with Crippen molar-refractivity contribution in [1.29, 1.82) is 0 Å². The molecule has 0 aromatic heterocycles. The molecule has 0 unspecified atom stereocenters. The number of amides is 2. The Kier molecular flexibility index (Phi) is 5.06. The summed E-state index contributed by atoms with van der Waals surface area (Å²) in [7, 11) is -3.57. The lowest BCUT2D eigenvalue weighted by molar-refractivity contribution is -0.125. The fourth-order valence-corrected chi connectivity index (χ4v) is 6.37. The first-order valence-corrected chi connectivity index (χ1v) is 12.2. The van der Waals surface area contributed by atoms with E-state index in [2.05, 4.69) is 5.32 Å². The van der Waals surface area contributed by atoms with Crippen LogP contribution in [0.5, 0.6) is 0 Å². The van der Waals surface area contributed by atoms with Gasteiger partial charge in [0.15, 0.2) is 0 Å². The van der Waals surface area contributed by atoms with Crippen LogP contribution in [-0.4, -0.2) is 44.2 Å². The van der Waals surface area contributed by atoms with Crippen LogP contribution >= 0.6 is 0 Å². The van der Waals surface area contributed by atoms with Gasteiger partial charge in [0.25, 0.3) is 0 Å². The Morgan fingerprint density at radius 1 is 1.00 bits per heavy atom. The maximum atomic E-state index is 13.2. The predicted octanol–water partition coefficient (Wildman–Crippen LogP) is 2.56. The molecule has 1 fully saturated rings. The highest BCUT2D eigenvalue weighted by Gasteiger charge is 2.36. The lowest BCUT2D eigenvalue weighted by Crippen LogP contribution is -2.48. The van der Waals surface area contributed by atoms with Gasteiger partial charge >= 0.3 is 0 Å². The van der Waals surface area contributed by atoms with Crippen LogP contribution in [0.4, 0.5) is 11.4 Å². The largest absolute Gasteiger partial charge is 0.323 e. The molecule has 1 saturated heterocycles. The molecular weight excluding hydrogens is 414 g/mol. The number of carbonyl (C=O) groups excluding carboxylic acids is 2. The van der Waals surface area contributed by atoms with E-state index in [0.717, 1.165) is 24.8 Å². The van der Waals surface area contributed by atoms with E-state index in [1.165, 1.54) is 14.8 Å². The van der Waals surface area contributed by atoms with Crippen LogP contribution in [0.3, 0.4) is 0 Å². The minimum atomic E-state index is -3.57. The zero-order chi connectivity index (χ0) is 21.6. The van der Waals surface area contributed by atoms with Crippen LogP contribution in [0.2, 0.25) is 0 Å². The second kappa shape index (κ2) is 7.76. The highest BCUT2D eigenvalue weighted by atomic mass is 32.2. The molecular formula is C23H25N3O4S. The molecule has 162 valence electrons. The zero-order valence-electron chi connectivity index (χ0n) is 17.2. The number of nitrogens with one attached hydrogen (secondary N) is 1. The van der Waals surface area contributed by atoms with Crippen molar-refractivity contribution in [3.8, 4) is 0 Å². The summed E-state index contributed by atoms with van der Waals surface area (Å²) in [5, 5.41) is 2.79.